The van der Waals surface area contributed by atoms with Gasteiger partial charge in [0.1, 0.15) is 5.69 Å². The quantitative estimate of drug-likeness (QED) is 0.735. The zero-order valence-electron chi connectivity index (χ0n) is 11.8. The van der Waals surface area contributed by atoms with E-state index in [9.17, 15) is 9.59 Å². The van der Waals surface area contributed by atoms with Crippen molar-refractivity contribution >= 4 is 11.9 Å². The molecule has 0 atom stereocenters. The normalized spacial score (nSPS) is 10.3. The van der Waals surface area contributed by atoms with Crippen molar-refractivity contribution in [2.75, 3.05) is 20.2 Å². The van der Waals surface area contributed by atoms with Crippen molar-refractivity contribution in [2.24, 2.45) is 0 Å². The maximum Gasteiger partial charge on any atom is 0.337 e. The Morgan fingerprint density at radius 2 is 1.95 bits per heavy atom. The van der Waals surface area contributed by atoms with Gasteiger partial charge in [0.15, 0.2) is 0 Å². The van der Waals surface area contributed by atoms with E-state index in [4.69, 9.17) is 10.2 Å². The minimum atomic E-state index is -1.05. The minimum absolute atomic E-state index is 0.104. The maximum atomic E-state index is 12.1. The summed E-state index contributed by atoms with van der Waals surface area (Å²) in [4.78, 5) is 28.6. The number of rotatable bonds is 7. The fourth-order valence-electron chi connectivity index (χ4n) is 1.84. The lowest BCUT2D eigenvalue weighted by Crippen LogP contribution is -2.28. The first-order chi connectivity index (χ1) is 9.47. The van der Waals surface area contributed by atoms with Crippen LogP contribution in [0.4, 0.5) is 0 Å². The molecule has 1 aromatic heterocycles. The summed E-state index contributed by atoms with van der Waals surface area (Å²) in [5, 5.41) is 17.6. The molecule has 0 spiro atoms. The molecule has 1 rings (SSSR count). The van der Waals surface area contributed by atoms with Crippen molar-refractivity contribution in [1.29, 1.82) is 0 Å². The molecule has 0 fully saturated rings. The van der Waals surface area contributed by atoms with Crippen molar-refractivity contribution in [3.63, 3.8) is 0 Å². The highest BCUT2D eigenvalue weighted by molar-refractivity contribution is 5.94. The molecule has 0 bridgehead atoms. The van der Waals surface area contributed by atoms with Gasteiger partial charge in [0.05, 0.1) is 11.3 Å². The van der Waals surface area contributed by atoms with Crippen LogP contribution in [-0.4, -0.2) is 52.2 Å². The second-order valence-electron chi connectivity index (χ2n) is 4.65. The van der Waals surface area contributed by atoms with E-state index in [1.165, 1.54) is 12.1 Å². The third-order valence-corrected chi connectivity index (χ3v) is 3.03. The van der Waals surface area contributed by atoms with Gasteiger partial charge in [0.25, 0.3) is 5.91 Å². The number of carbonyl (C=O) groups excluding carboxylic acids is 1. The SMILES string of the molecule is Cc1nc(C(=O)N(C)CCCCCO)ccc1C(=O)O. The Morgan fingerprint density at radius 3 is 2.50 bits per heavy atom. The summed E-state index contributed by atoms with van der Waals surface area (Å²) in [6.07, 6.45) is 2.40. The van der Waals surface area contributed by atoms with Crippen LogP contribution in [0.3, 0.4) is 0 Å². The van der Waals surface area contributed by atoms with E-state index in [1.54, 1.807) is 18.9 Å². The summed E-state index contributed by atoms with van der Waals surface area (Å²) in [6.45, 7) is 2.32. The molecule has 0 radical (unpaired) electrons. The number of aryl methyl sites for hydroxylation is 1. The second kappa shape index (κ2) is 7.59. The molecular formula is C14H20N2O4. The van der Waals surface area contributed by atoms with Gasteiger partial charge in [-0.3, -0.25) is 4.79 Å². The standard InChI is InChI=1S/C14H20N2O4/c1-10-11(14(19)20)6-7-12(15-10)13(18)16(2)8-4-3-5-9-17/h6-7,17H,3-5,8-9H2,1-2H3,(H,19,20). The number of carboxylic acids is 1. The largest absolute Gasteiger partial charge is 0.478 e. The number of amides is 1. The fourth-order valence-corrected chi connectivity index (χ4v) is 1.84. The third-order valence-electron chi connectivity index (χ3n) is 3.03. The Morgan fingerprint density at radius 1 is 1.25 bits per heavy atom. The van der Waals surface area contributed by atoms with Crippen molar-refractivity contribution in [3.8, 4) is 0 Å². The Labute approximate surface area is 118 Å². The van der Waals surface area contributed by atoms with Gasteiger partial charge >= 0.3 is 5.97 Å². The highest BCUT2D eigenvalue weighted by atomic mass is 16.4. The summed E-state index contributed by atoms with van der Waals surface area (Å²) < 4.78 is 0. The van der Waals surface area contributed by atoms with E-state index in [0.29, 0.717) is 12.2 Å². The predicted molar refractivity (Wildman–Crippen MR) is 73.8 cm³/mol. The number of aliphatic hydroxyl groups excluding tert-OH is 1. The van der Waals surface area contributed by atoms with Gasteiger partial charge in [-0.2, -0.15) is 0 Å². The maximum absolute atomic E-state index is 12.1. The summed E-state index contributed by atoms with van der Waals surface area (Å²) in [6, 6.07) is 2.83. The lowest BCUT2D eigenvalue weighted by atomic mass is 10.1. The number of aromatic carboxylic acids is 1. The molecule has 0 saturated heterocycles. The number of aliphatic hydroxyl groups is 1. The molecule has 0 aliphatic carbocycles. The lowest BCUT2D eigenvalue weighted by Gasteiger charge is -2.17. The highest BCUT2D eigenvalue weighted by Gasteiger charge is 2.16. The molecule has 110 valence electrons. The summed E-state index contributed by atoms with van der Waals surface area (Å²) in [7, 11) is 1.68. The van der Waals surface area contributed by atoms with E-state index in [0.717, 1.165) is 19.3 Å². The van der Waals surface area contributed by atoms with Crippen LogP contribution in [-0.2, 0) is 0 Å². The molecule has 0 saturated carbocycles. The van der Waals surface area contributed by atoms with Gasteiger partial charge in [-0.1, -0.05) is 0 Å². The first-order valence-corrected chi connectivity index (χ1v) is 6.54. The molecule has 2 N–H and O–H groups in total. The number of hydrogen-bond acceptors (Lipinski definition) is 4. The Hall–Kier alpha value is -1.95. The molecule has 0 aliphatic rings. The number of unbranched alkanes of at least 4 members (excludes halogenated alkanes) is 2. The number of hydrogen-bond donors (Lipinski definition) is 2. The van der Waals surface area contributed by atoms with Gasteiger partial charge < -0.3 is 15.1 Å². The number of pyridine rings is 1. The number of nitrogens with zero attached hydrogens (tertiary/aromatic N) is 2. The molecule has 6 heteroatoms. The van der Waals surface area contributed by atoms with Crippen molar-refractivity contribution in [3.05, 3.63) is 29.1 Å². The van der Waals surface area contributed by atoms with Crippen LogP contribution in [0.15, 0.2) is 12.1 Å². The highest BCUT2D eigenvalue weighted by Crippen LogP contribution is 2.09. The molecule has 20 heavy (non-hydrogen) atoms. The van der Waals surface area contributed by atoms with E-state index in [2.05, 4.69) is 4.98 Å². The molecule has 1 amide bonds. The van der Waals surface area contributed by atoms with Crippen LogP contribution >= 0.6 is 0 Å². The molecule has 1 heterocycles. The van der Waals surface area contributed by atoms with Gasteiger partial charge in [-0.15, -0.1) is 0 Å². The summed E-state index contributed by atoms with van der Waals surface area (Å²) in [5.74, 6) is -1.28. The zero-order valence-corrected chi connectivity index (χ0v) is 11.8. The topological polar surface area (TPSA) is 90.7 Å². The monoisotopic (exact) mass is 280 g/mol. The summed E-state index contributed by atoms with van der Waals surface area (Å²) in [5.41, 5.74) is 0.682. The van der Waals surface area contributed by atoms with E-state index < -0.39 is 5.97 Å². The molecule has 0 aromatic carbocycles. The van der Waals surface area contributed by atoms with Gasteiger partial charge in [0, 0.05) is 20.2 Å². The van der Waals surface area contributed by atoms with Gasteiger partial charge in [-0.05, 0) is 38.3 Å². The average Bonchev–Trinajstić information content (AvgIpc) is 2.42. The molecule has 6 nitrogen and oxygen atoms in total. The lowest BCUT2D eigenvalue weighted by molar-refractivity contribution is 0.0693. The number of aromatic nitrogens is 1. The average molecular weight is 280 g/mol. The van der Waals surface area contributed by atoms with Crippen molar-refractivity contribution in [2.45, 2.75) is 26.2 Å². The fraction of sp³-hybridized carbons (Fsp3) is 0.500. The minimum Gasteiger partial charge on any atom is -0.478 e. The van der Waals surface area contributed by atoms with E-state index in [1.807, 2.05) is 0 Å². The summed E-state index contributed by atoms with van der Waals surface area (Å²) >= 11 is 0. The zero-order chi connectivity index (χ0) is 15.1. The van der Waals surface area contributed by atoms with Crippen molar-refractivity contribution < 1.29 is 19.8 Å². The van der Waals surface area contributed by atoms with Gasteiger partial charge in [-0.25, -0.2) is 9.78 Å². The smallest absolute Gasteiger partial charge is 0.337 e. The Bertz CT molecular complexity index is 488. The van der Waals surface area contributed by atoms with Crippen molar-refractivity contribution in [1.82, 2.24) is 9.88 Å². The third kappa shape index (κ3) is 4.31. The van der Waals surface area contributed by atoms with Crippen LogP contribution in [0.5, 0.6) is 0 Å². The number of carboxylic acid groups (broad SMARTS) is 1. The van der Waals surface area contributed by atoms with E-state index >= 15 is 0 Å². The number of carbonyl (C=O) groups is 2. The predicted octanol–water partition coefficient (Wildman–Crippen LogP) is 1.32. The second-order valence-corrected chi connectivity index (χ2v) is 4.65. The van der Waals surface area contributed by atoms with Gasteiger partial charge in [0.2, 0.25) is 0 Å². The van der Waals surface area contributed by atoms with Crippen LogP contribution in [0.2, 0.25) is 0 Å². The first kappa shape index (κ1) is 16.1. The van der Waals surface area contributed by atoms with Crippen LogP contribution in [0.1, 0.15) is 45.8 Å². The van der Waals surface area contributed by atoms with E-state index in [-0.39, 0.29) is 23.8 Å². The Balaban J connectivity index is 2.67. The van der Waals surface area contributed by atoms with Crippen LogP contribution < -0.4 is 0 Å². The van der Waals surface area contributed by atoms with Crippen LogP contribution in [0, 0.1) is 6.92 Å². The molecular weight excluding hydrogens is 260 g/mol. The Kier molecular flexibility index (Phi) is 6.11. The molecule has 0 unspecified atom stereocenters. The molecule has 1 aromatic rings. The molecule has 0 aliphatic heterocycles. The first-order valence-electron chi connectivity index (χ1n) is 6.54. The van der Waals surface area contributed by atoms with Crippen LogP contribution in [0.25, 0.3) is 0 Å².